The molecule has 1 aromatic rings. The van der Waals surface area contributed by atoms with E-state index in [4.69, 9.17) is 9.47 Å². The van der Waals surface area contributed by atoms with Crippen molar-refractivity contribution in [1.29, 1.82) is 0 Å². The van der Waals surface area contributed by atoms with E-state index in [1.807, 2.05) is 30.3 Å². The van der Waals surface area contributed by atoms with Gasteiger partial charge in [0.25, 0.3) is 0 Å². The molecule has 2 rings (SSSR count). The minimum Gasteiger partial charge on any atom is -0.443 e. The highest BCUT2D eigenvalue weighted by atomic mass is 16.6. The lowest BCUT2D eigenvalue weighted by Gasteiger charge is -2.29. The second-order valence-electron chi connectivity index (χ2n) is 6.34. The first kappa shape index (κ1) is 17.1. The van der Waals surface area contributed by atoms with E-state index in [1.165, 1.54) is 0 Å². The van der Waals surface area contributed by atoms with Crippen molar-refractivity contribution >= 4 is 12.2 Å². The number of nitrogens with zero attached hydrogens (tertiary/aromatic N) is 2. The van der Waals surface area contributed by atoms with E-state index >= 15 is 0 Å². The Morgan fingerprint density at radius 3 is 2.26 bits per heavy atom. The summed E-state index contributed by atoms with van der Waals surface area (Å²) in [6.07, 6.45) is -2.21. The molecular weight excluding hydrogens is 300 g/mol. The van der Waals surface area contributed by atoms with Crippen LogP contribution in [-0.2, 0) is 16.1 Å². The number of carbonyl (C=O) groups is 2. The first-order valence-corrected chi connectivity index (χ1v) is 7.43. The number of carbonyl (C=O) groups excluding carboxylic acids is 2. The number of hydrogen-bond donors (Lipinski definition) is 1. The average molecular weight is 322 g/mol. The number of ether oxygens (including phenoxy) is 2. The third kappa shape index (κ3) is 4.85. The highest BCUT2D eigenvalue weighted by Gasteiger charge is 2.39. The summed E-state index contributed by atoms with van der Waals surface area (Å²) in [7, 11) is 0. The fourth-order valence-corrected chi connectivity index (χ4v) is 2.11. The van der Waals surface area contributed by atoms with Crippen LogP contribution in [0.25, 0.3) is 0 Å². The molecule has 1 heterocycles. The number of hydrazine groups is 1. The minimum absolute atomic E-state index is 0.00461. The fourth-order valence-electron chi connectivity index (χ4n) is 2.11. The molecular formula is C16H22N2O5. The lowest BCUT2D eigenvalue weighted by atomic mass is 10.2. The number of aliphatic hydroxyl groups is 1. The number of β-amino-alcohol motifs (C(OH)–C–C–N with tert-alkyl or cyclic N) is 1. The largest absolute Gasteiger partial charge is 0.443 e. The maximum absolute atomic E-state index is 12.2. The molecule has 7 heteroatoms. The molecule has 1 unspecified atom stereocenters. The number of benzene rings is 1. The van der Waals surface area contributed by atoms with Crippen molar-refractivity contribution in [1.82, 2.24) is 10.0 Å². The molecule has 1 atom stereocenters. The zero-order valence-electron chi connectivity index (χ0n) is 13.6. The third-order valence-corrected chi connectivity index (χ3v) is 3.08. The minimum atomic E-state index is -0.827. The molecule has 1 aromatic carbocycles. The monoisotopic (exact) mass is 322 g/mol. The number of hydrogen-bond acceptors (Lipinski definition) is 5. The molecule has 1 N–H and O–H groups in total. The molecule has 0 bridgehead atoms. The van der Waals surface area contributed by atoms with Gasteiger partial charge in [0, 0.05) is 0 Å². The summed E-state index contributed by atoms with van der Waals surface area (Å²) < 4.78 is 10.4. The second kappa shape index (κ2) is 6.87. The fraction of sp³-hybridized carbons (Fsp3) is 0.500. The number of amides is 2. The van der Waals surface area contributed by atoms with Gasteiger partial charge in [-0.05, 0) is 26.3 Å². The van der Waals surface area contributed by atoms with Gasteiger partial charge in [-0.15, -0.1) is 0 Å². The molecule has 1 aliphatic rings. The van der Waals surface area contributed by atoms with E-state index in [0.717, 1.165) is 15.6 Å². The van der Waals surface area contributed by atoms with Crippen LogP contribution in [0.3, 0.4) is 0 Å². The zero-order valence-corrected chi connectivity index (χ0v) is 13.6. The zero-order chi connectivity index (χ0) is 17.0. The first-order chi connectivity index (χ1) is 10.8. The smallest absolute Gasteiger partial charge is 0.429 e. The van der Waals surface area contributed by atoms with Gasteiger partial charge in [-0.1, -0.05) is 30.3 Å². The van der Waals surface area contributed by atoms with Crippen LogP contribution >= 0.6 is 0 Å². The first-order valence-electron chi connectivity index (χ1n) is 7.43. The van der Waals surface area contributed by atoms with E-state index in [2.05, 4.69) is 0 Å². The van der Waals surface area contributed by atoms with Crippen LogP contribution in [0, 0.1) is 0 Å². The molecule has 126 valence electrons. The molecule has 2 amide bonds. The van der Waals surface area contributed by atoms with Crippen LogP contribution in [-0.4, -0.2) is 52.1 Å². The van der Waals surface area contributed by atoms with Gasteiger partial charge < -0.3 is 14.6 Å². The average Bonchev–Trinajstić information content (AvgIpc) is 2.86. The maximum atomic E-state index is 12.2. The molecule has 0 aliphatic carbocycles. The molecule has 23 heavy (non-hydrogen) atoms. The second-order valence-corrected chi connectivity index (χ2v) is 6.34. The molecule has 0 aromatic heterocycles. The Hall–Kier alpha value is -2.28. The summed E-state index contributed by atoms with van der Waals surface area (Å²) in [6, 6.07) is 9.22. The van der Waals surface area contributed by atoms with E-state index in [-0.39, 0.29) is 19.7 Å². The molecule has 1 fully saturated rings. The molecule has 1 aliphatic heterocycles. The van der Waals surface area contributed by atoms with E-state index in [1.54, 1.807) is 20.8 Å². The van der Waals surface area contributed by atoms with Gasteiger partial charge in [-0.3, -0.25) is 0 Å². The molecule has 1 saturated heterocycles. The van der Waals surface area contributed by atoms with Gasteiger partial charge in [0.05, 0.1) is 19.2 Å². The topological polar surface area (TPSA) is 79.3 Å². The van der Waals surface area contributed by atoms with Crippen LogP contribution in [0.15, 0.2) is 30.3 Å². The van der Waals surface area contributed by atoms with Gasteiger partial charge in [-0.25, -0.2) is 19.6 Å². The SMILES string of the molecule is CC(C)(C)OC(=O)N1CC(O)CN1C(=O)OCc1ccccc1. The number of aliphatic hydroxyl groups excluding tert-OH is 1. The Balaban J connectivity index is 1.98. The summed E-state index contributed by atoms with van der Waals surface area (Å²) >= 11 is 0. The highest BCUT2D eigenvalue weighted by Crippen LogP contribution is 2.18. The Bertz CT molecular complexity index is 555. The highest BCUT2D eigenvalue weighted by molar-refractivity contribution is 5.75. The van der Waals surface area contributed by atoms with E-state index in [0.29, 0.717) is 0 Å². The number of rotatable bonds is 2. The molecule has 0 radical (unpaired) electrons. The molecule has 0 saturated carbocycles. The molecule has 0 spiro atoms. The van der Waals surface area contributed by atoms with Crippen LogP contribution in [0.1, 0.15) is 26.3 Å². The summed E-state index contributed by atoms with van der Waals surface area (Å²) in [5, 5.41) is 11.9. The normalized spacial score (nSPS) is 18.0. The summed E-state index contributed by atoms with van der Waals surface area (Å²) in [5.41, 5.74) is 0.147. The van der Waals surface area contributed by atoms with Gasteiger partial charge in [0.15, 0.2) is 0 Å². The van der Waals surface area contributed by atoms with E-state index < -0.39 is 23.9 Å². The van der Waals surface area contributed by atoms with Crippen molar-refractivity contribution in [3.63, 3.8) is 0 Å². The van der Waals surface area contributed by atoms with Gasteiger partial charge in [-0.2, -0.15) is 0 Å². The van der Waals surface area contributed by atoms with E-state index in [9.17, 15) is 14.7 Å². The van der Waals surface area contributed by atoms with Crippen molar-refractivity contribution in [2.45, 2.75) is 39.1 Å². The summed E-state index contributed by atoms with van der Waals surface area (Å²) in [6.45, 7) is 5.27. The van der Waals surface area contributed by atoms with Crippen molar-refractivity contribution in [2.24, 2.45) is 0 Å². The predicted octanol–water partition coefficient (Wildman–Crippen LogP) is 2.15. The van der Waals surface area contributed by atoms with Gasteiger partial charge in [0.2, 0.25) is 0 Å². The summed E-state index contributed by atoms with van der Waals surface area (Å²) in [4.78, 5) is 24.3. The van der Waals surface area contributed by atoms with Crippen molar-refractivity contribution in [3.8, 4) is 0 Å². The van der Waals surface area contributed by atoms with Crippen molar-refractivity contribution in [3.05, 3.63) is 35.9 Å². The predicted molar refractivity (Wildman–Crippen MR) is 82.3 cm³/mol. The van der Waals surface area contributed by atoms with Gasteiger partial charge in [0.1, 0.15) is 12.2 Å². The van der Waals surface area contributed by atoms with Gasteiger partial charge >= 0.3 is 12.2 Å². The Labute approximate surface area is 135 Å². The van der Waals surface area contributed by atoms with Crippen molar-refractivity contribution < 1.29 is 24.2 Å². The third-order valence-electron chi connectivity index (χ3n) is 3.08. The lowest BCUT2D eigenvalue weighted by molar-refractivity contribution is -0.0266. The quantitative estimate of drug-likeness (QED) is 0.902. The lowest BCUT2D eigenvalue weighted by Crippen LogP contribution is -2.47. The Morgan fingerprint density at radius 2 is 1.70 bits per heavy atom. The molecule has 7 nitrogen and oxygen atoms in total. The van der Waals surface area contributed by atoms with Crippen LogP contribution in [0.5, 0.6) is 0 Å². The van der Waals surface area contributed by atoms with Crippen LogP contribution < -0.4 is 0 Å². The van der Waals surface area contributed by atoms with Crippen molar-refractivity contribution in [2.75, 3.05) is 13.1 Å². The maximum Gasteiger partial charge on any atom is 0.429 e. The standard InChI is InChI=1S/C16H22N2O5/c1-16(2,3)23-15(21)18-10-13(19)9-17(18)14(20)22-11-12-7-5-4-6-8-12/h4-8,13,19H,9-11H2,1-3H3. The Kier molecular flexibility index (Phi) is 5.10. The van der Waals surface area contributed by atoms with Crippen LogP contribution in [0.4, 0.5) is 9.59 Å². The Morgan fingerprint density at radius 1 is 1.13 bits per heavy atom. The summed E-state index contributed by atoms with van der Waals surface area (Å²) in [5.74, 6) is 0. The van der Waals surface area contributed by atoms with Crippen LogP contribution in [0.2, 0.25) is 0 Å².